The summed E-state index contributed by atoms with van der Waals surface area (Å²) in [5.41, 5.74) is 3.37. The van der Waals surface area contributed by atoms with Crippen molar-refractivity contribution in [3.05, 3.63) is 75.0 Å². The van der Waals surface area contributed by atoms with E-state index in [-0.39, 0.29) is 21.3 Å². The number of para-hydroxylation sites is 1. The smallest absolute Gasteiger partial charge is 0.218 e. The van der Waals surface area contributed by atoms with Crippen LogP contribution in [0.1, 0.15) is 16.8 Å². The number of halogens is 2. The Balaban J connectivity index is 1.60. The zero-order valence-electron chi connectivity index (χ0n) is 18.3. The molecular formula is C25H22Cl2N2O4. The molecule has 2 aromatic carbocycles. The third kappa shape index (κ3) is 4.12. The van der Waals surface area contributed by atoms with Gasteiger partial charge in [0.25, 0.3) is 0 Å². The van der Waals surface area contributed by atoms with Gasteiger partial charge in [0.2, 0.25) is 11.6 Å². The summed E-state index contributed by atoms with van der Waals surface area (Å²) in [5, 5.41) is 3.47. The van der Waals surface area contributed by atoms with Gasteiger partial charge >= 0.3 is 0 Å². The van der Waals surface area contributed by atoms with Crippen LogP contribution in [0.3, 0.4) is 0 Å². The normalized spacial score (nSPS) is 14.3. The zero-order chi connectivity index (χ0) is 23.7. The Morgan fingerprint density at radius 1 is 0.939 bits per heavy atom. The first kappa shape index (κ1) is 23.0. The highest BCUT2D eigenvalue weighted by molar-refractivity contribution is 6.63. The van der Waals surface area contributed by atoms with Gasteiger partial charge in [-0.25, -0.2) is 0 Å². The number of aromatic amines is 1. The molecule has 1 heterocycles. The van der Waals surface area contributed by atoms with Gasteiger partial charge in [-0.3, -0.25) is 9.59 Å². The summed E-state index contributed by atoms with van der Waals surface area (Å²) in [7, 11) is 3.14. The minimum Gasteiger partial charge on any atom is -0.493 e. The number of ketones is 2. The molecule has 6 nitrogen and oxygen atoms in total. The number of hydrogen-bond donors (Lipinski definition) is 2. The maximum atomic E-state index is 13.5. The van der Waals surface area contributed by atoms with E-state index < -0.39 is 11.6 Å². The summed E-state index contributed by atoms with van der Waals surface area (Å²) in [6.45, 7) is 2.21. The molecule has 4 rings (SSSR count). The molecule has 0 spiro atoms. The van der Waals surface area contributed by atoms with Crippen LogP contribution >= 0.6 is 23.2 Å². The Hall–Kier alpha value is -3.22. The van der Waals surface area contributed by atoms with E-state index in [1.54, 1.807) is 14.2 Å². The fourth-order valence-electron chi connectivity index (χ4n) is 4.00. The standard InChI is InChI=1S/C25H22Cl2N2O4/c1-13-19(15-6-4-5-7-16(15)29-13)20-21(26)25(31)22(27)23(24(20)30)28-11-10-14-8-9-17(32-2)18(12-14)33-3/h4-9,12,28-29H,10-11H2,1-3H3. The van der Waals surface area contributed by atoms with E-state index in [1.165, 1.54) is 0 Å². The number of benzene rings is 2. The largest absolute Gasteiger partial charge is 0.493 e. The van der Waals surface area contributed by atoms with Crippen LogP contribution in [0.5, 0.6) is 11.5 Å². The van der Waals surface area contributed by atoms with Gasteiger partial charge in [-0.2, -0.15) is 0 Å². The molecule has 1 aromatic heterocycles. The Bertz CT molecular complexity index is 1340. The molecule has 170 valence electrons. The van der Waals surface area contributed by atoms with Crippen LogP contribution in [0.4, 0.5) is 0 Å². The average Bonchev–Trinajstić information content (AvgIpc) is 3.15. The van der Waals surface area contributed by atoms with Crippen molar-refractivity contribution in [2.75, 3.05) is 20.8 Å². The lowest BCUT2D eigenvalue weighted by molar-refractivity contribution is -0.114. The molecule has 1 aliphatic rings. The lowest BCUT2D eigenvalue weighted by Crippen LogP contribution is -2.30. The van der Waals surface area contributed by atoms with Crippen molar-refractivity contribution in [2.45, 2.75) is 13.3 Å². The molecule has 2 N–H and O–H groups in total. The van der Waals surface area contributed by atoms with Gasteiger partial charge in [0, 0.05) is 28.7 Å². The first-order valence-corrected chi connectivity index (χ1v) is 11.0. The Morgan fingerprint density at radius 2 is 1.67 bits per heavy atom. The molecule has 0 radical (unpaired) electrons. The highest BCUT2D eigenvalue weighted by Crippen LogP contribution is 2.38. The van der Waals surface area contributed by atoms with Crippen LogP contribution < -0.4 is 14.8 Å². The molecule has 0 amide bonds. The van der Waals surface area contributed by atoms with Crippen LogP contribution in [0, 0.1) is 6.92 Å². The van der Waals surface area contributed by atoms with Gasteiger partial charge in [-0.1, -0.05) is 47.5 Å². The quantitative estimate of drug-likeness (QED) is 0.467. The number of nitrogens with one attached hydrogen (secondary N) is 2. The van der Waals surface area contributed by atoms with Crippen molar-refractivity contribution in [1.29, 1.82) is 0 Å². The van der Waals surface area contributed by atoms with Gasteiger partial charge in [0.1, 0.15) is 15.8 Å². The Morgan fingerprint density at radius 3 is 2.39 bits per heavy atom. The predicted octanol–water partition coefficient (Wildman–Crippen LogP) is 4.88. The minimum absolute atomic E-state index is 0.0474. The SMILES string of the molecule is COc1ccc(CCNC2=C(Cl)C(=O)C(Cl)=C(c3c(C)[nH]c4ccccc34)C2=O)cc1OC. The summed E-state index contributed by atoms with van der Waals surface area (Å²) in [6.07, 6.45) is 0.564. The molecular weight excluding hydrogens is 463 g/mol. The van der Waals surface area contributed by atoms with Crippen molar-refractivity contribution in [3.63, 3.8) is 0 Å². The van der Waals surface area contributed by atoms with E-state index in [1.807, 2.05) is 49.4 Å². The van der Waals surface area contributed by atoms with Crippen LogP contribution in [-0.2, 0) is 16.0 Å². The summed E-state index contributed by atoms with van der Waals surface area (Å²) < 4.78 is 10.6. The van der Waals surface area contributed by atoms with Gasteiger partial charge in [-0.15, -0.1) is 0 Å². The second-order valence-electron chi connectivity index (χ2n) is 7.57. The Labute approximate surface area is 201 Å². The van der Waals surface area contributed by atoms with Crippen LogP contribution in [-0.4, -0.2) is 37.3 Å². The number of allylic oxidation sites excluding steroid dienone is 3. The Kier molecular flexibility index (Phi) is 6.49. The number of carbonyl (C=O) groups is 2. The van der Waals surface area contributed by atoms with E-state index in [4.69, 9.17) is 32.7 Å². The van der Waals surface area contributed by atoms with Gasteiger partial charge < -0.3 is 19.8 Å². The topological polar surface area (TPSA) is 80.4 Å². The summed E-state index contributed by atoms with van der Waals surface area (Å²) in [6, 6.07) is 13.1. The van der Waals surface area contributed by atoms with E-state index in [0.29, 0.717) is 30.0 Å². The van der Waals surface area contributed by atoms with Crippen LogP contribution in [0.25, 0.3) is 16.5 Å². The maximum Gasteiger partial charge on any atom is 0.218 e. The number of carbonyl (C=O) groups excluding carboxylic acids is 2. The van der Waals surface area contributed by atoms with Gasteiger partial charge in [0.05, 0.1) is 19.8 Å². The predicted molar refractivity (Wildman–Crippen MR) is 130 cm³/mol. The number of rotatable bonds is 7. The maximum absolute atomic E-state index is 13.5. The molecule has 0 unspecified atom stereocenters. The van der Waals surface area contributed by atoms with Crippen LogP contribution in [0.15, 0.2) is 58.2 Å². The fourth-order valence-corrected chi connectivity index (χ4v) is 4.57. The highest BCUT2D eigenvalue weighted by Gasteiger charge is 2.35. The highest BCUT2D eigenvalue weighted by atomic mass is 35.5. The van der Waals surface area contributed by atoms with Crippen molar-refractivity contribution in [2.24, 2.45) is 0 Å². The van der Waals surface area contributed by atoms with Crippen molar-refractivity contribution >= 4 is 51.2 Å². The second kappa shape index (κ2) is 9.33. The summed E-state index contributed by atoms with van der Waals surface area (Å²) >= 11 is 12.6. The number of aryl methyl sites for hydroxylation is 1. The summed E-state index contributed by atoms with van der Waals surface area (Å²) in [4.78, 5) is 29.5. The molecule has 3 aromatic rings. The number of Topliss-reactive ketones (excluding diaryl/α,β-unsaturated/α-hetero) is 2. The lowest BCUT2D eigenvalue weighted by atomic mass is 9.91. The molecule has 0 saturated heterocycles. The molecule has 0 saturated carbocycles. The summed E-state index contributed by atoms with van der Waals surface area (Å²) in [5.74, 6) is 0.255. The first-order valence-electron chi connectivity index (χ1n) is 10.3. The molecule has 1 aliphatic carbocycles. The van der Waals surface area contributed by atoms with Crippen molar-refractivity contribution in [1.82, 2.24) is 10.3 Å². The third-order valence-corrected chi connectivity index (χ3v) is 6.32. The van der Waals surface area contributed by atoms with Gasteiger partial charge in [0.15, 0.2) is 11.5 Å². The zero-order valence-corrected chi connectivity index (χ0v) is 19.9. The number of fused-ring (bicyclic) bond motifs is 1. The number of aromatic nitrogens is 1. The van der Waals surface area contributed by atoms with Crippen LogP contribution in [0.2, 0.25) is 0 Å². The third-order valence-electron chi connectivity index (χ3n) is 5.60. The number of H-pyrrole nitrogens is 1. The van der Waals surface area contributed by atoms with Crippen molar-refractivity contribution in [3.8, 4) is 11.5 Å². The minimum atomic E-state index is -0.578. The van der Waals surface area contributed by atoms with E-state index in [9.17, 15) is 9.59 Å². The van der Waals surface area contributed by atoms with E-state index >= 15 is 0 Å². The average molecular weight is 485 g/mol. The van der Waals surface area contributed by atoms with Crippen molar-refractivity contribution < 1.29 is 19.1 Å². The number of methoxy groups -OCH3 is 2. The monoisotopic (exact) mass is 484 g/mol. The molecule has 0 atom stereocenters. The first-order chi connectivity index (χ1) is 15.9. The lowest BCUT2D eigenvalue weighted by Gasteiger charge is -2.20. The fraction of sp³-hybridized carbons (Fsp3) is 0.200. The van der Waals surface area contributed by atoms with E-state index in [2.05, 4.69) is 10.3 Å². The van der Waals surface area contributed by atoms with E-state index in [0.717, 1.165) is 22.2 Å². The molecule has 33 heavy (non-hydrogen) atoms. The number of ether oxygens (including phenoxy) is 2. The molecule has 0 fully saturated rings. The molecule has 0 aliphatic heterocycles. The second-order valence-corrected chi connectivity index (χ2v) is 8.33. The molecule has 0 bridgehead atoms. The van der Waals surface area contributed by atoms with Gasteiger partial charge in [-0.05, 0) is 37.1 Å². The molecule has 8 heteroatoms. The number of hydrogen-bond acceptors (Lipinski definition) is 5.